The summed E-state index contributed by atoms with van der Waals surface area (Å²) in [5, 5.41) is 2.93. The van der Waals surface area contributed by atoms with Gasteiger partial charge in [-0.25, -0.2) is 0 Å². The molecule has 1 unspecified atom stereocenters. The molecule has 0 bridgehead atoms. The quantitative estimate of drug-likeness (QED) is 0.756. The minimum absolute atomic E-state index is 0.0741. The predicted octanol–water partition coefficient (Wildman–Crippen LogP) is 0.727. The Labute approximate surface area is 102 Å². The molecule has 0 aliphatic carbocycles. The Morgan fingerprint density at radius 3 is 2.94 bits per heavy atom. The summed E-state index contributed by atoms with van der Waals surface area (Å²) in [6, 6.07) is 5.61. The van der Waals surface area contributed by atoms with Gasteiger partial charge in [-0.2, -0.15) is 0 Å². The van der Waals surface area contributed by atoms with Crippen LogP contribution in [0.3, 0.4) is 0 Å². The van der Waals surface area contributed by atoms with Crippen LogP contribution in [0.2, 0.25) is 0 Å². The van der Waals surface area contributed by atoms with Crippen LogP contribution in [0.5, 0.6) is 0 Å². The van der Waals surface area contributed by atoms with Crippen molar-refractivity contribution in [3.8, 4) is 0 Å². The summed E-state index contributed by atoms with van der Waals surface area (Å²) in [7, 11) is 5.81. The van der Waals surface area contributed by atoms with Gasteiger partial charge in [0.05, 0.1) is 18.6 Å². The van der Waals surface area contributed by atoms with Crippen LogP contribution >= 0.6 is 0 Å². The molecule has 1 aromatic rings. The lowest BCUT2D eigenvalue weighted by atomic mass is 9.74. The van der Waals surface area contributed by atoms with Gasteiger partial charge in [0.25, 0.3) is 0 Å². The molecule has 1 atom stereocenters. The maximum Gasteiger partial charge on any atom is 0.234 e. The van der Waals surface area contributed by atoms with Gasteiger partial charge in [-0.1, -0.05) is 17.6 Å². The van der Waals surface area contributed by atoms with Crippen molar-refractivity contribution in [2.45, 2.75) is 18.8 Å². The second-order valence-electron chi connectivity index (χ2n) is 5.20. The summed E-state index contributed by atoms with van der Waals surface area (Å²) in [6.45, 7) is 3.52. The van der Waals surface area contributed by atoms with Crippen molar-refractivity contribution in [3.63, 3.8) is 0 Å². The van der Waals surface area contributed by atoms with E-state index in [4.69, 9.17) is 12.6 Å². The number of benzene rings is 1. The molecule has 4 heteroatoms. The molecule has 1 N–H and O–H groups in total. The molecule has 0 saturated carbocycles. The van der Waals surface area contributed by atoms with E-state index in [2.05, 4.69) is 5.32 Å². The smallest absolute Gasteiger partial charge is 0.234 e. The first kappa shape index (κ1) is 10.8. The van der Waals surface area contributed by atoms with E-state index < -0.39 is 5.41 Å². The Morgan fingerprint density at radius 2 is 2.29 bits per heavy atom. The monoisotopic (exact) mass is 227 g/mol. The largest absolute Gasteiger partial charge is 0.381 e. The molecule has 1 fully saturated rings. The van der Waals surface area contributed by atoms with E-state index >= 15 is 0 Å². The number of hydrogen-bond acceptors (Lipinski definition) is 2. The topological polar surface area (TPSA) is 38.3 Å². The van der Waals surface area contributed by atoms with E-state index in [0.717, 1.165) is 30.9 Å². The molecule has 0 spiro atoms. The van der Waals surface area contributed by atoms with Crippen LogP contribution in [0.1, 0.15) is 18.9 Å². The molecule has 2 aliphatic rings. The maximum atomic E-state index is 12.1. The minimum Gasteiger partial charge on any atom is -0.381 e. The van der Waals surface area contributed by atoms with Gasteiger partial charge < -0.3 is 10.1 Å². The highest BCUT2D eigenvalue weighted by molar-refractivity contribution is 6.32. The van der Waals surface area contributed by atoms with Gasteiger partial charge in [0.2, 0.25) is 5.91 Å². The van der Waals surface area contributed by atoms with E-state index in [0.29, 0.717) is 11.4 Å². The average molecular weight is 227 g/mol. The van der Waals surface area contributed by atoms with Crippen molar-refractivity contribution in [2.24, 2.45) is 5.92 Å². The van der Waals surface area contributed by atoms with Crippen LogP contribution in [-0.4, -0.2) is 27.0 Å². The van der Waals surface area contributed by atoms with E-state index in [1.807, 2.05) is 25.1 Å². The summed E-state index contributed by atoms with van der Waals surface area (Å²) in [6.07, 6.45) is 0.829. The Hall–Kier alpha value is -1.29. The zero-order valence-corrected chi connectivity index (χ0v) is 9.82. The number of carbonyl (C=O) groups excluding carboxylic acids is 1. The third kappa shape index (κ3) is 1.59. The van der Waals surface area contributed by atoms with Crippen LogP contribution in [0.25, 0.3) is 0 Å². The fraction of sp³-hybridized carbons (Fsp3) is 0.462. The molecule has 2 radical (unpaired) electrons. The number of carbonyl (C=O) groups is 1. The van der Waals surface area contributed by atoms with E-state index in [1.54, 1.807) is 0 Å². The van der Waals surface area contributed by atoms with Crippen LogP contribution < -0.4 is 10.8 Å². The van der Waals surface area contributed by atoms with Gasteiger partial charge in [0, 0.05) is 11.6 Å². The van der Waals surface area contributed by atoms with Crippen LogP contribution in [-0.2, 0) is 14.9 Å². The Balaban J connectivity index is 1.98. The summed E-state index contributed by atoms with van der Waals surface area (Å²) >= 11 is 0. The molecule has 3 rings (SSSR count). The third-order valence-corrected chi connectivity index (χ3v) is 3.79. The number of ether oxygens (including phenoxy) is 1. The minimum atomic E-state index is -0.459. The standard InChI is InChI=1S/C13H14BNO2/c1-13(5-8-6-17-7-8)10-4-9(14)2-3-11(10)15-12(13)16/h2-4,8H,5-7H2,1H3,(H,15,16). The van der Waals surface area contributed by atoms with E-state index in [-0.39, 0.29) is 5.91 Å². The second-order valence-corrected chi connectivity index (χ2v) is 5.20. The number of anilines is 1. The van der Waals surface area contributed by atoms with Gasteiger partial charge in [-0.05, 0) is 25.0 Å². The SMILES string of the molecule is [B]c1ccc2c(c1)C(C)(CC1COC1)C(=O)N2. The van der Waals surface area contributed by atoms with Crippen molar-refractivity contribution < 1.29 is 9.53 Å². The Kier molecular flexibility index (Phi) is 2.30. The first-order valence-corrected chi connectivity index (χ1v) is 5.89. The van der Waals surface area contributed by atoms with Gasteiger partial charge in [-0.15, -0.1) is 0 Å². The lowest BCUT2D eigenvalue weighted by Gasteiger charge is -2.33. The highest BCUT2D eigenvalue weighted by atomic mass is 16.5. The maximum absolute atomic E-state index is 12.1. The molecular weight excluding hydrogens is 213 g/mol. The number of hydrogen-bond donors (Lipinski definition) is 1. The highest BCUT2D eigenvalue weighted by Gasteiger charge is 2.45. The van der Waals surface area contributed by atoms with Gasteiger partial charge >= 0.3 is 0 Å². The fourth-order valence-electron chi connectivity index (χ4n) is 2.69. The summed E-state index contributed by atoms with van der Waals surface area (Å²) in [5.41, 5.74) is 2.16. The average Bonchev–Trinajstić information content (AvgIpc) is 2.48. The summed E-state index contributed by atoms with van der Waals surface area (Å²) in [5.74, 6) is 0.558. The van der Waals surface area contributed by atoms with Crippen LogP contribution in [0.4, 0.5) is 5.69 Å². The lowest BCUT2D eigenvalue weighted by Crippen LogP contribution is -2.39. The first-order valence-electron chi connectivity index (χ1n) is 5.89. The highest BCUT2D eigenvalue weighted by Crippen LogP contribution is 2.42. The van der Waals surface area contributed by atoms with E-state index in [1.165, 1.54) is 0 Å². The van der Waals surface area contributed by atoms with Crippen molar-refractivity contribution in [1.29, 1.82) is 0 Å². The van der Waals surface area contributed by atoms with E-state index in [9.17, 15) is 4.79 Å². The van der Waals surface area contributed by atoms with Crippen LogP contribution in [0.15, 0.2) is 18.2 Å². The fourth-order valence-corrected chi connectivity index (χ4v) is 2.69. The molecule has 2 aliphatic heterocycles. The zero-order chi connectivity index (χ0) is 12.0. The van der Waals surface area contributed by atoms with Crippen LogP contribution in [0, 0.1) is 5.92 Å². The molecular formula is C13H14BNO2. The van der Waals surface area contributed by atoms with Gasteiger partial charge in [-0.3, -0.25) is 4.79 Å². The zero-order valence-electron chi connectivity index (χ0n) is 9.82. The Bertz CT molecular complexity index is 484. The first-order chi connectivity index (χ1) is 8.09. The molecule has 86 valence electrons. The van der Waals surface area contributed by atoms with Crippen molar-refractivity contribution in [3.05, 3.63) is 23.8 Å². The third-order valence-electron chi connectivity index (χ3n) is 3.79. The molecule has 1 aromatic carbocycles. The van der Waals surface area contributed by atoms with Gasteiger partial charge in [0.1, 0.15) is 7.85 Å². The molecule has 2 heterocycles. The van der Waals surface area contributed by atoms with Crippen molar-refractivity contribution >= 4 is 24.9 Å². The molecule has 1 amide bonds. The molecule has 17 heavy (non-hydrogen) atoms. The van der Waals surface area contributed by atoms with Gasteiger partial charge in [0.15, 0.2) is 0 Å². The summed E-state index contributed by atoms with van der Waals surface area (Å²) < 4.78 is 5.18. The number of rotatable bonds is 2. The summed E-state index contributed by atoms with van der Waals surface area (Å²) in [4.78, 5) is 12.1. The predicted molar refractivity (Wildman–Crippen MR) is 66.7 cm³/mol. The second kappa shape index (κ2) is 3.60. The lowest BCUT2D eigenvalue weighted by molar-refractivity contribution is -0.122. The normalized spacial score (nSPS) is 27.5. The molecule has 0 aromatic heterocycles. The number of amides is 1. The van der Waals surface area contributed by atoms with Crippen molar-refractivity contribution in [1.82, 2.24) is 0 Å². The Morgan fingerprint density at radius 1 is 1.53 bits per heavy atom. The van der Waals surface area contributed by atoms with Crippen molar-refractivity contribution in [2.75, 3.05) is 18.5 Å². The number of nitrogens with one attached hydrogen (secondary N) is 1. The number of fused-ring (bicyclic) bond motifs is 1. The molecule has 3 nitrogen and oxygen atoms in total. The molecule has 1 saturated heterocycles.